The second-order valence-electron chi connectivity index (χ2n) is 10.1. The zero-order chi connectivity index (χ0) is 26.9. The molecular weight excluding hydrogens is 484 g/mol. The van der Waals surface area contributed by atoms with Crippen LogP contribution in [-0.4, -0.2) is 32.7 Å². The molecule has 6 heteroatoms. The fourth-order valence-corrected chi connectivity index (χ4v) is 5.72. The van der Waals surface area contributed by atoms with Crippen molar-refractivity contribution in [1.82, 2.24) is 14.9 Å². The van der Waals surface area contributed by atoms with Crippen LogP contribution in [0.4, 0.5) is 5.82 Å². The Morgan fingerprint density at radius 2 is 1.67 bits per heavy atom. The number of H-pyrrole nitrogens is 1. The molecule has 0 aliphatic carbocycles. The Hall–Kier alpha value is -4.71. The first-order valence-electron chi connectivity index (χ1n) is 13.4. The summed E-state index contributed by atoms with van der Waals surface area (Å²) in [6, 6.07) is 30.3. The number of benzene rings is 3. The van der Waals surface area contributed by atoms with Crippen LogP contribution in [0.3, 0.4) is 0 Å². The summed E-state index contributed by atoms with van der Waals surface area (Å²) in [5.41, 5.74) is 5.49. The number of hydrogen-bond acceptors (Lipinski definition) is 3. The maximum atomic E-state index is 14.2. The second kappa shape index (κ2) is 10.2. The summed E-state index contributed by atoms with van der Waals surface area (Å²) in [6.45, 7) is 4.08. The molecule has 1 aliphatic heterocycles. The SMILES string of the molecule is CCC(C)C(C(=O)Nc1ccccn1)N1C(=O)c2ccccc2C1c1c(-c2ccccc2)[nH]c2ccccc12. The predicted molar refractivity (Wildman–Crippen MR) is 154 cm³/mol. The van der Waals surface area contributed by atoms with E-state index in [0.29, 0.717) is 11.4 Å². The number of nitrogens with one attached hydrogen (secondary N) is 2. The van der Waals surface area contributed by atoms with E-state index < -0.39 is 12.1 Å². The van der Waals surface area contributed by atoms with Gasteiger partial charge in [0.25, 0.3) is 5.91 Å². The lowest BCUT2D eigenvalue weighted by atomic mass is 9.90. The molecule has 0 saturated carbocycles. The van der Waals surface area contributed by atoms with Gasteiger partial charge in [-0.05, 0) is 41.3 Å². The Morgan fingerprint density at radius 1 is 0.949 bits per heavy atom. The second-order valence-corrected chi connectivity index (χ2v) is 10.1. The molecule has 39 heavy (non-hydrogen) atoms. The average molecular weight is 515 g/mol. The van der Waals surface area contributed by atoms with Crippen molar-refractivity contribution in [1.29, 1.82) is 0 Å². The molecule has 0 radical (unpaired) electrons. The Labute approximate surface area is 227 Å². The van der Waals surface area contributed by atoms with E-state index in [1.54, 1.807) is 23.2 Å². The monoisotopic (exact) mass is 514 g/mol. The fourth-order valence-electron chi connectivity index (χ4n) is 5.72. The van der Waals surface area contributed by atoms with Crippen LogP contribution in [0.15, 0.2) is 103 Å². The van der Waals surface area contributed by atoms with Crippen LogP contribution in [-0.2, 0) is 4.79 Å². The summed E-state index contributed by atoms with van der Waals surface area (Å²) in [4.78, 5) is 37.9. The number of amides is 2. The first kappa shape index (κ1) is 24.6. The van der Waals surface area contributed by atoms with Crippen LogP contribution in [0.5, 0.6) is 0 Å². The first-order valence-corrected chi connectivity index (χ1v) is 13.4. The smallest absolute Gasteiger partial charge is 0.255 e. The van der Waals surface area contributed by atoms with Crippen LogP contribution in [0, 0.1) is 5.92 Å². The largest absolute Gasteiger partial charge is 0.354 e. The normalized spacial score (nSPS) is 16.2. The van der Waals surface area contributed by atoms with Gasteiger partial charge in [-0.2, -0.15) is 0 Å². The van der Waals surface area contributed by atoms with Gasteiger partial charge in [0, 0.05) is 28.2 Å². The van der Waals surface area contributed by atoms with Gasteiger partial charge in [0.05, 0.1) is 11.7 Å². The van der Waals surface area contributed by atoms with E-state index in [1.807, 2.05) is 67.6 Å². The van der Waals surface area contributed by atoms with Crippen molar-refractivity contribution < 1.29 is 9.59 Å². The molecule has 3 atom stereocenters. The molecular formula is C33H30N4O2. The first-order chi connectivity index (χ1) is 19.1. The lowest BCUT2D eigenvalue weighted by molar-refractivity contribution is -0.122. The number of rotatable bonds is 7. The highest BCUT2D eigenvalue weighted by Gasteiger charge is 2.47. The van der Waals surface area contributed by atoms with Crippen molar-refractivity contribution in [3.05, 3.63) is 120 Å². The van der Waals surface area contributed by atoms with Crippen molar-refractivity contribution in [2.45, 2.75) is 32.4 Å². The minimum atomic E-state index is -0.709. The van der Waals surface area contributed by atoms with E-state index in [1.165, 1.54) is 0 Å². The zero-order valence-electron chi connectivity index (χ0n) is 22.0. The summed E-state index contributed by atoms with van der Waals surface area (Å²) in [5.74, 6) is -0.00916. The Balaban J connectivity index is 1.57. The molecule has 6 rings (SSSR count). The number of nitrogens with zero attached hydrogens (tertiary/aromatic N) is 2. The molecule has 2 aromatic heterocycles. The van der Waals surface area contributed by atoms with Crippen LogP contribution >= 0.6 is 0 Å². The third kappa shape index (κ3) is 4.28. The van der Waals surface area contributed by atoms with E-state index in [0.717, 1.165) is 39.7 Å². The number of fused-ring (bicyclic) bond motifs is 2. The summed E-state index contributed by atoms with van der Waals surface area (Å²) in [6.07, 6.45) is 2.37. The Kier molecular flexibility index (Phi) is 6.45. The third-order valence-corrected chi connectivity index (χ3v) is 7.75. The van der Waals surface area contributed by atoms with Gasteiger partial charge in [0.1, 0.15) is 11.9 Å². The number of anilines is 1. The van der Waals surface area contributed by atoms with Gasteiger partial charge >= 0.3 is 0 Å². The van der Waals surface area contributed by atoms with Crippen molar-refractivity contribution in [2.24, 2.45) is 5.92 Å². The van der Waals surface area contributed by atoms with Gasteiger partial charge in [-0.3, -0.25) is 9.59 Å². The molecule has 5 aromatic rings. The zero-order valence-corrected chi connectivity index (χ0v) is 22.0. The fraction of sp³-hybridized carbons (Fsp3) is 0.182. The van der Waals surface area contributed by atoms with Crippen molar-refractivity contribution in [3.63, 3.8) is 0 Å². The van der Waals surface area contributed by atoms with Gasteiger partial charge < -0.3 is 15.2 Å². The minimum absolute atomic E-state index is 0.0974. The molecule has 0 bridgehead atoms. The molecule has 2 amide bonds. The number of para-hydroxylation sites is 1. The van der Waals surface area contributed by atoms with Gasteiger partial charge in [0.2, 0.25) is 5.91 Å². The van der Waals surface area contributed by atoms with Gasteiger partial charge in [-0.1, -0.05) is 93.1 Å². The molecule has 2 N–H and O–H groups in total. The number of pyridine rings is 1. The summed E-state index contributed by atoms with van der Waals surface area (Å²) < 4.78 is 0. The highest BCUT2D eigenvalue weighted by Crippen LogP contribution is 2.47. The molecule has 3 aromatic carbocycles. The van der Waals surface area contributed by atoms with Gasteiger partial charge in [-0.25, -0.2) is 4.98 Å². The van der Waals surface area contributed by atoms with Crippen molar-refractivity contribution >= 4 is 28.5 Å². The molecule has 6 nitrogen and oxygen atoms in total. The van der Waals surface area contributed by atoms with Crippen molar-refractivity contribution in [2.75, 3.05) is 5.32 Å². The molecule has 194 valence electrons. The number of carbonyl (C=O) groups is 2. The lowest BCUT2D eigenvalue weighted by Crippen LogP contribution is -2.50. The van der Waals surface area contributed by atoms with Crippen LogP contribution in [0.1, 0.15) is 47.8 Å². The Bertz CT molecular complexity index is 1640. The standard InChI is InChI=1S/C33H30N4O2/c1-3-21(2)30(32(38)36-27-19-11-12-20-34-27)37-31(23-15-7-8-16-24(23)33(37)39)28-25-17-9-10-18-26(25)35-29(28)22-13-5-4-6-14-22/h4-21,30-31,35H,3H2,1-2H3,(H,34,36,38). The Morgan fingerprint density at radius 3 is 2.44 bits per heavy atom. The maximum Gasteiger partial charge on any atom is 0.255 e. The van der Waals surface area contributed by atoms with Crippen molar-refractivity contribution in [3.8, 4) is 11.3 Å². The van der Waals surface area contributed by atoms with E-state index in [2.05, 4.69) is 46.5 Å². The van der Waals surface area contributed by atoms with Gasteiger partial charge in [0.15, 0.2) is 0 Å². The minimum Gasteiger partial charge on any atom is -0.354 e. The van der Waals surface area contributed by atoms with Crippen LogP contribution in [0.2, 0.25) is 0 Å². The summed E-state index contributed by atoms with van der Waals surface area (Å²) in [7, 11) is 0. The van der Waals surface area contributed by atoms with Crippen LogP contribution in [0.25, 0.3) is 22.2 Å². The number of hydrogen-bond donors (Lipinski definition) is 2. The number of aromatic amines is 1. The quantitative estimate of drug-likeness (QED) is 0.250. The summed E-state index contributed by atoms with van der Waals surface area (Å²) >= 11 is 0. The molecule has 3 heterocycles. The van der Waals surface area contributed by atoms with Crippen LogP contribution < -0.4 is 5.32 Å². The van der Waals surface area contributed by atoms with E-state index in [9.17, 15) is 9.59 Å². The lowest BCUT2D eigenvalue weighted by Gasteiger charge is -2.36. The third-order valence-electron chi connectivity index (χ3n) is 7.75. The van der Waals surface area contributed by atoms with E-state index in [-0.39, 0.29) is 17.7 Å². The van der Waals surface area contributed by atoms with Gasteiger partial charge in [-0.15, -0.1) is 0 Å². The summed E-state index contributed by atoms with van der Waals surface area (Å²) in [5, 5.41) is 4.01. The molecule has 0 saturated heterocycles. The average Bonchev–Trinajstić information content (AvgIpc) is 3.49. The number of carbonyl (C=O) groups excluding carboxylic acids is 2. The number of aromatic nitrogens is 2. The molecule has 0 fully saturated rings. The van der Waals surface area contributed by atoms with E-state index >= 15 is 0 Å². The molecule has 0 spiro atoms. The highest BCUT2D eigenvalue weighted by atomic mass is 16.2. The molecule has 1 aliphatic rings. The topological polar surface area (TPSA) is 78.1 Å². The molecule has 3 unspecified atom stereocenters. The maximum absolute atomic E-state index is 14.2. The van der Waals surface area contributed by atoms with E-state index in [4.69, 9.17) is 0 Å². The predicted octanol–water partition coefficient (Wildman–Crippen LogP) is 6.83. The highest BCUT2D eigenvalue weighted by molar-refractivity contribution is 6.06.